The second-order valence-electron chi connectivity index (χ2n) is 16.3. The Hall–Kier alpha value is -4.96. The lowest BCUT2D eigenvalue weighted by atomic mass is 9.85. The van der Waals surface area contributed by atoms with Crippen molar-refractivity contribution in [1.82, 2.24) is 40.5 Å². The fourth-order valence-electron chi connectivity index (χ4n) is 8.63. The van der Waals surface area contributed by atoms with E-state index in [9.17, 15) is 19.2 Å². The standard InChI is InChI=1S/C45H58N8O11S/c1-2-45(34-24-37-40-31(23-30-7-3-4-8-35(30)47-40)25-53(37)42(55)33(34)28-63-43(45)56)64-27-32-26-52(51-50-32)12-14-59-16-18-61-20-22-62-21-19-60-17-15-58-13-11-46-39(54)10-6-5-9-38-41-36(29-65-38)48-44(57)49-41/h3-4,7-8,23-24,26,36,38,41H,2,5-6,9-22,25,27-29H2,1H3,(H,46,54)(H2,48,49,57)/t36-,38-,41-,45-/m0/s1. The summed E-state index contributed by atoms with van der Waals surface area (Å²) in [6.07, 6.45) is 5.27. The molecule has 65 heavy (non-hydrogen) atoms. The Morgan fingerprint density at radius 3 is 2.45 bits per heavy atom. The zero-order valence-electron chi connectivity index (χ0n) is 36.8. The molecule has 3 N–H and O–H groups in total. The van der Waals surface area contributed by atoms with Crippen molar-refractivity contribution in [2.45, 2.75) is 88.3 Å². The van der Waals surface area contributed by atoms with Crippen molar-refractivity contribution in [3.05, 3.63) is 75.3 Å². The lowest BCUT2D eigenvalue weighted by Gasteiger charge is -2.36. The number of hydrogen-bond acceptors (Lipinski definition) is 15. The molecule has 20 heteroatoms. The predicted molar refractivity (Wildman–Crippen MR) is 238 cm³/mol. The maximum atomic E-state index is 13.8. The molecule has 4 aromatic rings. The van der Waals surface area contributed by atoms with Gasteiger partial charge < -0.3 is 53.7 Å². The average molecular weight is 919 g/mol. The molecule has 4 aliphatic rings. The molecule has 2 saturated heterocycles. The Labute approximate surface area is 380 Å². The fourth-order valence-corrected chi connectivity index (χ4v) is 10.2. The van der Waals surface area contributed by atoms with Crippen LogP contribution in [-0.4, -0.2) is 138 Å². The first-order valence-corrected chi connectivity index (χ1v) is 23.6. The molecular formula is C45H58N8O11S. The maximum Gasteiger partial charge on any atom is 0.343 e. The summed E-state index contributed by atoms with van der Waals surface area (Å²) in [5.41, 5.74) is 2.88. The summed E-state index contributed by atoms with van der Waals surface area (Å²) >= 11 is 1.89. The molecule has 0 aliphatic carbocycles. The average Bonchev–Trinajstić information content (AvgIpc) is 4.10. The first-order chi connectivity index (χ1) is 31.8. The van der Waals surface area contributed by atoms with Gasteiger partial charge in [0.1, 0.15) is 12.3 Å². The van der Waals surface area contributed by atoms with Gasteiger partial charge in [0.15, 0.2) is 5.60 Å². The lowest BCUT2D eigenvalue weighted by molar-refractivity contribution is -0.183. The topological polar surface area (TPSA) is 218 Å². The number of amides is 3. The van der Waals surface area contributed by atoms with E-state index in [4.69, 9.17) is 38.1 Å². The highest BCUT2D eigenvalue weighted by Gasteiger charge is 2.48. The van der Waals surface area contributed by atoms with E-state index in [0.717, 1.165) is 47.2 Å². The zero-order chi connectivity index (χ0) is 45.0. The number of urea groups is 1. The van der Waals surface area contributed by atoms with E-state index >= 15 is 0 Å². The van der Waals surface area contributed by atoms with Crippen LogP contribution in [-0.2, 0) is 74.7 Å². The van der Waals surface area contributed by atoms with Crippen molar-refractivity contribution >= 4 is 40.6 Å². The SMILES string of the molecule is CC[C@@]1(OCc2cn(CCOCCOCCOCCOCCOCCNC(=O)CCCC[C@@H]3SC[C@@H]4NC(=O)N[C@@H]43)nn2)C(=O)OCc2c1cc1n(c2=O)Cc2cc3ccccc3nc2-1. The highest BCUT2D eigenvalue weighted by atomic mass is 32.2. The first kappa shape index (κ1) is 46.6. The molecule has 3 aromatic heterocycles. The number of nitrogens with one attached hydrogen (secondary N) is 3. The molecule has 0 bridgehead atoms. The summed E-state index contributed by atoms with van der Waals surface area (Å²) in [6.45, 7) is 7.26. The molecule has 0 saturated carbocycles. The fraction of sp³-hybridized carbons (Fsp3) is 0.578. The summed E-state index contributed by atoms with van der Waals surface area (Å²) in [5, 5.41) is 18.7. The molecule has 2 fully saturated rings. The van der Waals surface area contributed by atoms with Crippen molar-refractivity contribution in [2.75, 3.05) is 78.4 Å². The largest absolute Gasteiger partial charge is 0.458 e. The van der Waals surface area contributed by atoms with Crippen LogP contribution < -0.4 is 21.5 Å². The Kier molecular flexibility index (Phi) is 16.1. The molecule has 1 aromatic carbocycles. The Morgan fingerprint density at radius 1 is 0.938 bits per heavy atom. The quantitative estimate of drug-likeness (QED) is 0.0392. The van der Waals surface area contributed by atoms with E-state index in [2.05, 4.69) is 32.3 Å². The van der Waals surface area contributed by atoms with Gasteiger partial charge in [-0.05, 0) is 37.5 Å². The van der Waals surface area contributed by atoms with Gasteiger partial charge in [0.2, 0.25) is 5.91 Å². The van der Waals surface area contributed by atoms with Crippen molar-refractivity contribution in [1.29, 1.82) is 0 Å². The van der Waals surface area contributed by atoms with Gasteiger partial charge >= 0.3 is 12.0 Å². The van der Waals surface area contributed by atoms with Crippen molar-refractivity contribution in [2.24, 2.45) is 0 Å². The smallest absolute Gasteiger partial charge is 0.343 e. The van der Waals surface area contributed by atoms with Gasteiger partial charge in [0, 0.05) is 40.5 Å². The Bertz CT molecular complexity index is 2340. The molecule has 8 rings (SSSR count). The Morgan fingerprint density at radius 2 is 1.68 bits per heavy atom. The normalized spacial score (nSPS) is 20.5. The number of benzene rings is 1. The number of carbonyl (C=O) groups is 3. The summed E-state index contributed by atoms with van der Waals surface area (Å²) in [4.78, 5) is 55.8. The van der Waals surface area contributed by atoms with E-state index < -0.39 is 11.6 Å². The van der Waals surface area contributed by atoms with Crippen LogP contribution in [0.15, 0.2) is 47.4 Å². The van der Waals surface area contributed by atoms with Crippen LogP contribution in [0.2, 0.25) is 0 Å². The number of thioether (sulfide) groups is 1. The molecule has 350 valence electrons. The minimum atomic E-state index is -1.50. The molecule has 0 spiro atoms. The molecule has 19 nitrogen and oxygen atoms in total. The van der Waals surface area contributed by atoms with Crippen molar-refractivity contribution in [3.63, 3.8) is 0 Å². The number of aromatic nitrogens is 5. The first-order valence-electron chi connectivity index (χ1n) is 22.5. The third kappa shape index (κ3) is 11.4. The third-order valence-electron chi connectivity index (χ3n) is 12.0. The number of esters is 1. The van der Waals surface area contributed by atoms with Crippen LogP contribution in [0.3, 0.4) is 0 Å². The van der Waals surface area contributed by atoms with E-state index in [0.29, 0.717) is 120 Å². The lowest BCUT2D eigenvalue weighted by Crippen LogP contribution is -2.46. The summed E-state index contributed by atoms with van der Waals surface area (Å²) in [6, 6.07) is 12.1. The second kappa shape index (κ2) is 22.5. The minimum Gasteiger partial charge on any atom is -0.458 e. The number of nitrogens with zero attached hydrogens (tertiary/aromatic N) is 5. The van der Waals surface area contributed by atoms with Gasteiger partial charge in [0.05, 0.1) is 127 Å². The molecule has 0 radical (unpaired) electrons. The zero-order valence-corrected chi connectivity index (χ0v) is 37.6. The number of pyridine rings is 2. The van der Waals surface area contributed by atoms with Crippen LogP contribution >= 0.6 is 11.8 Å². The number of para-hydroxylation sites is 1. The number of unbranched alkanes of at least 4 members (excludes halogenated alkanes) is 1. The predicted octanol–water partition coefficient (Wildman–Crippen LogP) is 2.82. The van der Waals surface area contributed by atoms with Crippen molar-refractivity contribution < 1.29 is 47.5 Å². The van der Waals surface area contributed by atoms with Gasteiger partial charge in [0.25, 0.3) is 5.56 Å². The highest BCUT2D eigenvalue weighted by Crippen LogP contribution is 2.41. The van der Waals surface area contributed by atoms with E-state index in [1.165, 1.54) is 0 Å². The molecule has 3 amide bonds. The number of carbonyl (C=O) groups excluding carboxylic acids is 3. The number of hydrogen-bond donors (Lipinski definition) is 3. The molecule has 4 atom stereocenters. The maximum absolute atomic E-state index is 13.8. The van der Waals surface area contributed by atoms with Crippen LogP contribution in [0.25, 0.3) is 22.3 Å². The summed E-state index contributed by atoms with van der Waals surface area (Å²) in [5.74, 6) is 0.432. The Balaban J connectivity index is 0.633. The monoisotopic (exact) mass is 918 g/mol. The molecule has 4 aliphatic heterocycles. The molecule has 0 unspecified atom stereocenters. The number of cyclic esters (lactones) is 1. The van der Waals surface area contributed by atoms with Gasteiger partial charge in [-0.15, -0.1) is 5.10 Å². The van der Waals surface area contributed by atoms with Crippen LogP contribution in [0, 0.1) is 0 Å². The minimum absolute atomic E-state index is 0.0218. The number of ether oxygens (including phenoxy) is 7. The second-order valence-corrected chi connectivity index (χ2v) is 17.6. The van der Waals surface area contributed by atoms with E-state index in [-0.39, 0.29) is 49.2 Å². The number of rotatable bonds is 27. The van der Waals surface area contributed by atoms with Gasteiger partial charge in [-0.2, -0.15) is 11.8 Å². The van der Waals surface area contributed by atoms with Gasteiger partial charge in [-0.25, -0.2) is 19.3 Å². The van der Waals surface area contributed by atoms with Gasteiger partial charge in [-0.1, -0.05) is 36.8 Å². The number of fused-ring (bicyclic) bond motifs is 6. The summed E-state index contributed by atoms with van der Waals surface area (Å²) in [7, 11) is 0. The third-order valence-corrected chi connectivity index (χ3v) is 13.5. The van der Waals surface area contributed by atoms with E-state index in [1.807, 2.05) is 49.0 Å². The van der Waals surface area contributed by atoms with E-state index in [1.54, 1.807) is 15.4 Å². The molecular weight excluding hydrogens is 861 g/mol. The van der Waals surface area contributed by atoms with Crippen LogP contribution in [0.1, 0.15) is 61.4 Å². The van der Waals surface area contributed by atoms with Gasteiger partial charge in [-0.3, -0.25) is 9.59 Å². The summed E-state index contributed by atoms with van der Waals surface area (Å²) < 4.78 is 43.2. The molecule has 7 heterocycles. The van der Waals surface area contributed by atoms with Crippen LogP contribution in [0.5, 0.6) is 0 Å². The van der Waals surface area contributed by atoms with Crippen molar-refractivity contribution in [3.8, 4) is 11.4 Å². The van der Waals surface area contributed by atoms with Crippen LogP contribution in [0.4, 0.5) is 4.79 Å². The highest BCUT2D eigenvalue weighted by molar-refractivity contribution is 8.00.